The van der Waals surface area contributed by atoms with Crippen LogP contribution in [0.2, 0.25) is 0 Å². The number of nitro groups is 1. The minimum atomic E-state index is -1.18. The van der Waals surface area contributed by atoms with Crippen LogP contribution < -0.4 is 11.1 Å². The second kappa shape index (κ2) is 8.09. The van der Waals surface area contributed by atoms with E-state index in [-0.39, 0.29) is 22.7 Å². The summed E-state index contributed by atoms with van der Waals surface area (Å²) in [6.45, 7) is 2.78. The van der Waals surface area contributed by atoms with Gasteiger partial charge >= 0.3 is 5.97 Å². The second-order valence-electron chi connectivity index (χ2n) is 5.70. The number of ether oxygens (including phenoxy) is 1. The summed E-state index contributed by atoms with van der Waals surface area (Å²) in [5.74, 6) is -1.67. The van der Waals surface area contributed by atoms with Crippen molar-refractivity contribution in [3.8, 4) is 0 Å². The number of Topliss-reactive ketones (excluding diaryl/α,β-unsaturated/α-hetero) is 1. The predicted molar refractivity (Wildman–Crippen MR) is 97.5 cm³/mol. The van der Waals surface area contributed by atoms with Gasteiger partial charge in [-0.25, -0.2) is 4.79 Å². The maximum absolute atomic E-state index is 12.2. The Morgan fingerprint density at radius 1 is 1.15 bits per heavy atom. The summed E-state index contributed by atoms with van der Waals surface area (Å²) < 4.78 is 5.04. The van der Waals surface area contributed by atoms with E-state index in [1.54, 1.807) is 24.3 Å². The number of amides is 1. The van der Waals surface area contributed by atoms with Gasteiger partial charge in [-0.3, -0.25) is 19.7 Å². The standard InChI is InChI=1S/C18H17N3O6/c1-10(22)12-3-5-13(6-4-12)20-17(23)11(2)27-18(24)15-9-14(21(25)26)7-8-16(15)19/h3-9,11H,19H2,1-2H3,(H,20,23)/t11-/m0/s1. The van der Waals surface area contributed by atoms with Gasteiger partial charge in [0.1, 0.15) is 0 Å². The zero-order chi connectivity index (χ0) is 20.1. The molecule has 0 radical (unpaired) electrons. The first-order chi connectivity index (χ1) is 12.7. The van der Waals surface area contributed by atoms with Crippen molar-refractivity contribution in [1.29, 1.82) is 0 Å². The van der Waals surface area contributed by atoms with E-state index in [0.29, 0.717) is 11.3 Å². The van der Waals surface area contributed by atoms with Gasteiger partial charge in [-0.2, -0.15) is 0 Å². The van der Waals surface area contributed by atoms with Crippen molar-refractivity contribution in [3.63, 3.8) is 0 Å². The molecule has 0 heterocycles. The number of hydrogen-bond donors (Lipinski definition) is 2. The Kier molecular flexibility index (Phi) is 5.86. The number of esters is 1. The molecule has 2 rings (SSSR count). The van der Waals surface area contributed by atoms with Crippen LogP contribution in [0.25, 0.3) is 0 Å². The molecule has 0 saturated carbocycles. The molecule has 27 heavy (non-hydrogen) atoms. The van der Waals surface area contributed by atoms with Crippen molar-refractivity contribution in [2.24, 2.45) is 0 Å². The normalized spacial score (nSPS) is 11.3. The van der Waals surface area contributed by atoms with Crippen molar-refractivity contribution < 1.29 is 24.0 Å². The van der Waals surface area contributed by atoms with Gasteiger partial charge in [0, 0.05) is 29.1 Å². The molecule has 0 bridgehead atoms. The predicted octanol–water partition coefficient (Wildman–Crippen LogP) is 2.56. The van der Waals surface area contributed by atoms with Crippen LogP contribution in [0.1, 0.15) is 34.6 Å². The Morgan fingerprint density at radius 2 is 1.78 bits per heavy atom. The fourth-order valence-corrected chi connectivity index (χ4v) is 2.14. The van der Waals surface area contributed by atoms with E-state index in [9.17, 15) is 24.5 Å². The lowest BCUT2D eigenvalue weighted by Crippen LogP contribution is -2.30. The van der Waals surface area contributed by atoms with Crippen molar-refractivity contribution in [3.05, 3.63) is 63.7 Å². The second-order valence-corrected chi connectivity index (χ2v) is 5.70. The largest absolute Gasteiger partial charge is 0.449 e. The van der Waals surface area contributed by atoms with E-state index in [0.717, 1.165) is 12.1 Å². The molecule has 1 amide bonds. The Hall–Kier alpha value is -3.75. The van der Waals surface area contributed by atoms with Crippen LogP contribution in [0, 0.1) is 10.1 Å². The number of carbonyl (C=O) groups excluding carboxylic acids is 3. The van der Waals surface area contributed by atoms with Gasteiger partial charge in [0.05, 0.1) is 10.5 Å². The minimum absolute atomic E-state index is 0.00182. The third-order valence-corrected chi connectivity index (χ3v) is 3.68. The summed E-state index contributed by atoms with van der Waals surface area (Å²) in [6, 6.07) is 9.56. The molecule has 0 aromatic heterocycles. The van der Waals surface area contributed by atoms with E-state index in [1.165, 1.54) is 19.9 Å². The van der Waals surface area contributed by atoms with Crippen molar-refractivity contribution in [1.82, 2.24) is 0 Å². The van der Waals surface area contributed by atoms with E-state index < -0.39 is 22.9 Å². The number of nitro benzene ring substituents is 1. The molecule has 0 saturated heterocycles. The number of ketones is 1. The highest BCUT2D eigenvalue weighted by atomic mass is 16.6. The molecule has 9 nitrogen and oxygen atoms in total. The number of benzene rings is 2. The third-order valence-electron chi connectivity index (χ3n) is 3.68. The fraction of sp³-hybridized carbons (Fsp3) is 0.167. The van der Waals surface area contributed by atoms with E-state index in [2.05, 4.69) is 5.32 Å². The number of non-ortho nitro benzene ring substituents is 1. The molecular formula is C18H17N3O6. The molecule has 0 spiro atoms. The van der Waals surface area contributed by atoms with Crippen molar-refractivity contribution >= 4 is 34.7 Å². The molecule has 140 valence electrons. The van der Waals surface area contributed by atoms with Gasteiger partial charge in [0.2, 0.25) is 0 Å². The number of carbonyl (C=O) groups is 3. The zero-order valence-corrected chi connectivity index (χ0v) is 14.6. The molecule has 2 aromatic carbocycles. The summed E-state index contributed by atoms with van der Waals surface area (Å²) in [7, 11) is 0. The number of rotatable bonds is 6. The van der Waals surface area contributed by atoms with Crippen LogP contribution in [0.4, 0.5) is 17.1 Å². The first kappa shape index (κ1) is 19.6. The van der Waals surface area contributed by atoms with Gasteiger partial charge in [-0.1, -0.05) is 0 Å². The van der Waals surface area contributed by atoms with Gasteiger partial charge in [-0.05, 0) is 44.2 Å². The summed E-state index contributed by atoms with van der Waals surface area (Å²) in [6.07, 6.45) is -1.18. The van der Waals surface area contributed by atoms with Crippen LogP contribution in [-0.4, -0.2) is 28.7 Å². The van der Waals surface area contributed by atoms with Crippen molar-refractivity contribution in [2.75, 3.05) is 11.1 Å². The number of nitrogens with two attached hydrogens (primary N) is 1. The van der Waals surface area contributed by atoms with Crippen LogP contribution >= 0.6 is 0 Å². The molecule has 0 aliphatic carbocycles. The molecule has 3 N–H and O–H groups in total. The summed E-state index contributed by atoms with van der Waals surface area (Å²) in [4.78, 5) is 45.7. The molecular weight excluding hydrogens is 354 g/mol. The van der Waals surface area contributed by atoms with Crippen molar-refractivity contribution in [2.45, 2.75) is 20.0 Å². The third kappa shape index (κ3) is 4.88. The number of nitrogens with zero attached hydrogens (tertiary/aromatic N) is 1. The van der Waals surface area contributed by atoms with E-state index in [1.807, 2.05) is 0 Å². The average Bonchev–Trinajstić information content (AvgIpc) is 2.62. The highest BCUT2D eigenvalue weighted by molar-refractivity contribution is 6.00. The Labute approximate surface area is 154 Å². The summed E-state index contributed by atoms with van der Waals surface area (Å²) in [5.41, 5.74) is 6.04. The molecule has 0 aliphatic rings. The quantitative estimate of drug-likeness (QED) is 0.261. The molecule has 0 unspecified atom stereocenters. The smallest absolute Gasteiger partial charge is 0.341 e. The summed E-state index contributed by atoms with van der Waals surface area (Å²) in [5, 5.41) is 13.4. The monoisotopic (exact) mass is 371 g/mol. The Morgan fingerprint density at radius 3 is 2.33 bits per heavy atom. The van der Waals surface area contributed by atoms with Crippen LogP contribution in [0.15, 0.2) is 42.5 Å². The lowest BCUT2D eigenvalue weighted by atomic mass is 10.1. The molecule has 0 fully saturated rings. The molecule has 1 atom stereocenters. The Balaban J connectivity index is 2.05. The lowest BCUT2D eigenvalue weighted by molar-refractivity contribution is -0.384. The molecule has 0 aliphatic heterocycles. The van der Waals surface area contributed by atoms with Crippen LogP contribution in [0.3, 0.4) is 0 Å². The van der Waals surface area contributed by atoms with Crippen LogP contribution in [-0.2, 0) is 9.53 Å². The highest BCUT2D eigenvalue weighted by Crippen LogP contribution is 2.21. The number of anilines is 2. The summed E-state index contributed by atoms with van der Waals surface area (Å²) >= 11 is 0. The zero-order valence-electron chi connectivity index (χ0n) is 14.6. The minimum Gasteiger partial charge on any atom is -0.449 e. The van der Waals surface area contributed by atoms with Gasteiger partial charge in [0.15, 0.2) is 11.9 Å². The number of hydrogen-bond acceptors (Lipinski definition) is 7. The topological polar surface area (TPSA) is 142 Å². The molecule has 2 aromatic rings. The molecule has 9 heteroatoms. The number of nitrogen functional groups attached to an aromatic ring is 1. The SMILES string of the molecule is CC(=O)c1ccc(NC(=O)[C@H](C)OC(=O)c2cc([N+](=O)[O-])ccc2N)cc1. The van der Waals surface area contributed by atoms with Gasteiger partial charge in [-0.15, -0.1) is 0 Å². The van der Waals surface area contributed by atoms with E-state index >= 15 is 0 Å². The lowest BCUT2D eigenvalue weighted by Gasteiger charge is -2.14. The first-order valence-electron chi connectivity index (χ1n) is 7.86. The first-order valence-corrected chi connectivity index (χ1v) is 7.86. The highest BCUT2D eigenvalue weighted by Gasteiger charge is 2.22. The van der Waals surface area contributed by atoms with Crippen LogP contribution in [0.5, 0.6) is 0 Å². The van der Waals surface area contributed by atoms with Gasteiger partial charge < -0.3 is 15.8 Å². The average molecular weight is 371 g/mol. The number of nitrogens with one attached hydrogen (secondary N) is 1. The fourth-order valence-electron chi connectivity index (χ4n) is 2.14. The Bertz CT molecular complexity index is 908. The maximum atomic E-state index is 12.2. The van der Waals surface area contributed by atoms with E-state index in [4.69, 9.17) is 10.5 Å². The van der Waals surface area contributed by atoms with Gasteiger partial charge in [0.25, 0.3) is 11.6 Å². The maximum Gasteiger partial charge on any atom is 0.341 e.